The minimum absolute atomic E-state index is 0.0276. The van der Waals surface area contributed by atoms with Gasteiger partial charge in [0.25, 0.3) is 7.82 Å². The van der Waals surface area contributed by atoms with Crippen LogP contribution in [0, 0.1) is 0 Å². The lowest BCUT2D eigenvalue weighted by Crippen LogP contribution is -2.37. The molecule has 0 rings (SSSR count). The van der Waals surface area contributed by atoms with Crippen molar-refractivity contribution in [3.63, 3.8) is 0 Å². The van der Waals surface area contributed by atoms with E-state index in [2.05, 4.69) is 62.5 Å². The van der Waals surface area contributed by atoms with Gasteiger partial charge in [0, 0.05) is 12.8 Å². The highest BCUT2D eigenvalue weighted by Crippen LogP contribution is 2.38. The quantitative estimate of drug-likeness (QED) is 0.0195. The number of nitrogens with zero attached hydrogens (tertiary/aromatic N) is 1. The van der Waals surface area contributed by atoms with Gasteiger partial charge < -0.3 is 27.9 Å². The molecule has 0 aromatic rings. The van der Waals surface area contributed by atoms with Crippen molar-refractivity contribution in [2.45, 2.75) is 431 Å². The van der Waals surface area contributed by atoms with E-state index in [9.17, 15) is 19.0 Å². The van der Waals surface area contributed by atoms with Crippen molar-refractivity contribution in [1.82, 2.24) is 0 Å². The molecule has 0 aliphatic heterocycles. The number of allylic oxidation sites excluding steroid dienone is 8. The number of carbonyl (C=O) groups excluding carboxylic acids is 2. The first-order valence-corrected chi connectivity index (χ1v) is 42.8. The molecule has 0 heterocycles. The SMILES string of the molecule is CCCCCCC/C=C\C/C=C\CCCCCCCCCCCCCCCCCCCCCCCCCC(=O)OCC(COP(=O)([O-])OCC[N+](C)(C)C)OC(=O)CCCCCCCCCCCCCCCCCCCCCCCCC/C=C\C/C=C\CCCCCCC. The summed E-state index contributed by atoms with van der Waals surface area (Å²) in [6.45, 7) is 4.30. The summed E-state index contributed by atoms with van der Waals surface area (Å²) >= 11 is 0. The lowest BCUT2D eigenvalue weighted by molar-refractivity contribution is -0.870. The Hall–Kier alpha value is -2.03. The molecule has 2 atom stereocenters. The average Bonchev–Trinajstić information content (AvgIpc) is 2.35. The van der Waals surface area contributed by atoms with E-state index in [1.165, 1.54) is 347 Å². The first kappa shape index (κ1) is 92.0. The maximum absolute atomic E-state index is 12.9. The van der Waals surface area contributed by atoms with Gasteiger partial charge >= 0.3 is 11.9 Å². The van der Waals surface area contributed by atoms with Crippen molar-refractivity contribution in [3.05, 3.63) is 48.6 Å². The number of phosphoric ester groups is 1. The minimum atomic E-state index is -4.64. The van der Waals surface area contributed by atoms with Crippen LogP contribution in [0.5, 0.6) is 0 Å². The average molecular weight is 1340 g/mol. The summed E-state index contributed by atoms with van der Waals surface area (Å²) < 4.78 is 34.5. The molecule has 0 saturated heterocycles. The van der Waals surface area contributed by atoms with Crippen LogP contribution in [0.25, 0.3) is 0 Å². The molecule has 9 nitrogen and oxygen atoms in total. The predicted molar refractivity (Wildman–Crippen MR) is 407 cm³/mol. The molecule has 0 saturated carbocycles. The van der Waals surface area contributed by atoms with Gasteiger partial charge in [-0.2, -0.15) is 0 Å². The first-order chi connectivity index (χ1) is 46.0. The maximum Gasteiger partial charge on any atom is 0.306 e. The zero-order chi connectivity index (χ0) is 68.3. The van der Waals surface area contributed by atoms with E-state index in [0.29, 0.717) is 17.4 Å². The Balaban J connectivity index is 3.89. The molecule has 10 heteroatoms. The monoisotopic (exact) mass is 1340 g/mol. The summed E-state index contributed by atoms with van der Waals surface area (Å²) in [5, 5.41) is 0. The second-order valence-electron chi connectivity index (χ2n) is 29.5. The number of esters is 2. The number of rotatable bonds is 78. The van der Waals surface area contributed by atoms with Gasteiger partial charge in [-0.25, -0.2) is 0 Å². The lowest BCUT2D eigenvalue weighted by Gasteiger charge is -2.28. The first-order valence-electron chi connectivity index (χ1n) is 41.3. The van der Waals surface area contributed by atoms with Crippen LogP contribution >= 0.6 is 7.82 Å². The molecule has 0 N–H and O–H groups in total. The van der Waals surface area contributed by atoms with Gasteiger partial charge in [-0.15, -0.1) is 0 Å². The van der Waals surface area contributed by atoms with Crippen LogP contribution < -0.4 is 4.89 Å². The number of unbranched alkanes of at least 4 members (excludes halogenated alkanes) is 56. The Morgan fingerprint density at radius 3 is 0.840 bits per heavy atom. The van der Waals surface area contributed by atoms with Crippen molar-refractivity contribution in [3.8, 4) is 0 Å². The summed E-state index contributed by atoms with van der Waals surface area (Å²) in [4.78, 5) is 38.2. The van der Waals surface area contributed by atoms with Crippen LogP contribution in [0.15, 0.2) is 48.6 Å². The fourth-order valence-corrected chi connectivity index (χ4v) is 13.2. The van der Waals surface area contributed by atoms with E-state index in [4.69, 9.17) is 18.5 Å². The van der Waals surface area contributed by atoms with E-state index in [1.54, 1.807) is 0 Å². The summed E-state index contributed by atoms with van der Waals surface area (Å²) in [5.74, 6) is -0.807. The van der Waals surface area contributed by atoms with Crippen LogP contribution in [0.4, 0.5) is 0 Å². The van der Waals surface area contributed by atoms with Gasteiger partial charge in [0.05, 0.1) is 27.7 Å². The van der Waals surface area contributed by atoms with Crippen molar-refractivity contribution >= 4 is 19.8 Å². The predicted octanol–water partition coefficient (Wildman–Crippen LogP) is 26.9. The third kappa shape index (κ3) is 79.0. The molecule has 0 aromatic carbocycles. The molecule has 2 unspecified atom stereocenters. The molecule has 0 radical (unpaired) electrons. The maximum atomic E-state index is 12.9. The topological polar surface area (TPSA) is 111 Å². The van der Waals surface area contributed by atoms with Crippen LogP contribution in [0.3, 0.4) is 0 Å². The number of ether oxygens (including phenoxy) is 2. The highest BCUT2D eigenvalue weighted by Gasteiger charge is 2.22. The van der Waals surface area contributed by atoms with Crippen LogP contribution in [0.2, 0.25) is 0 Å². The van der Waals surface area contributed by atoms with Crippen molar-refractivity contribution < 1.29 is 42.1 Å². The van der Waals surface area contributed by atoms with Gasteiger partial charge in [-0.3, -0.25) is 14.2 Å². The zero-order valence-corrected chi connectivity index (χ0v) is 64.3. The number of quaternary nitrogens is 1. The second-order valence-corrected chi connectivity index (χ2v) is 30.9. The highest BCUT2D eigenvalue weighted by molar-refractivity contribution is 7.45. The van der Waals surface area contributed by atoms with Crippen LogP contribution in [-0.4, -0.2) is 70.0 Å². The van der Waals surface area contributed by atoms with E-state index in [1.807, 2.05) is 21.1 Å². The largest absolute Gasteiger partial charge is 0.756 e. The van der Waals surface area contributed by atoms with Crippen LogP contribution in [0.1, 0.15) is 425 Å². The molecule has 0 aromatic heterocycles. The van der Waals surface area contributed by atoms with Gasteiger partial charge in [-0.1, -0.05) is 383 Å². The Kier molecular flexibility index (Phi) is 73.6. The standard InChI is InChI=1S/C84H160NO8P/c1-6-8-10-12-14-16-18-20-22-24-26-28-30-32-34-36-38-40-42-44-46-48-50-52-54-56-58-60-62-64-66-68-70-72-74-76-83(86)90-80-82(81-92-94(88,89)91-79-78-85(3,4)5)93-84(87)77-75-73-71-69-67-65-63-61-59-57-55-53-51-49-47-45-43-41-39-37-35-33-31-29-27-25-23-21-19-17-15-13-11-9-7-2/h18-21,24-27,82H,6-17,22-23,28-81H2,1-5H3/b20-18-,21-19-,26-24-,27-25-. The van der Waals surface area contributed by atoms with E-state index in [-0.39, 0.29) is 32.0 Å². The number of likely N-dealkylation sites (N-methyl/N-ethyl adjacent to an activating group) is 1. The molecular formula is C84H160NO8P. The Morgan fingerprint density at radius 1 is 0.330 bits per heavy atom. The fraction of sp³-hybridized carbons (Fsp3) is 0.881. The minimum Gasteiger partial charge on any atom is -0.756 e. The normalized spacial score (nSPS) is 13.2. The van der Waals surface area contributed by atoms with Crippen molar-refractivity contribution in [2.75, 3.05) is 47.5 Å². The highest BCUT2D eigenvalue weighted by atomic mass is 31.2. The third-order valence-electron chi connectivity index (χ3n) is 18.8. The molecule has 0 aliphatic rings. The molecular weight excluding hydrogens is 1180 g/mol. The van der Waals surface area contributed by atoms with Gasteiger partial charge in [-0.05, 0) is 77.0 Å². The smallest absolute Gasteiger partial charge is 0.306 e. The second kappa shape index (κ2) is 75.2. The Morgan fingerprint density at radius 2 is 0.574 bits per heavy atom. The van der Waals surface area contributed by atoms with E-state index in [0.717, 1.165) is 44.9 Å². The molecule has 0 fully saturated rings. The van der Waals surface area contributed by atoms with Crippen molar-refractivity contribution in [2.24, 2.45) is 0 Å². The van der Waals surface area contributed by atoms with Crippen molar-refractivity contribution in [1.29, 1.82) is 0 Å². The molecule has 0 bridgehead atoms. The van der Waals surface area contributed by atoms with Crippen LogP contribution in [-0.2, 0) is 32.7 Å². The van der Waals surface area contributed by atoms with E-state index >= 15 is 0 Å². The Labute approximate surface area is 585 Å². The number of hydrogen-bond donors (Lipinski definition) is 0. The van der Waals surface area contributed by atoms with Gasteiger partial charge in [0.2, 0.25) is 0 Å². The van der Waals surface area contributed by atoms with Gasteiger partial charge in [0.15, 0.2) is 6.10 Å². The number of hydrogen-bond acceptors (Lipinski definition) is 8. The number of phosphoric acid groups is 1. The Bertz CT molecular complexity index is 1720. The summed E-state index contributed by atoms with van der Waals surface area (Å²) in [7, 11) is 1.19. The third-order valence-corrected chi connectivity index (χ3v) is 19.8. The zero-order valence-electron chi connectivity index (χ0n) is 63.4. The fourth-order valence-electron chi connectivity index (χ4n) is 12.5. The lowest BCUT2D eigenvalue weighted by atomic mass is 10.0. The van der Waals surface area contributed by atoms with E-state index < -0.39 is 26.5 Å². The molecule has 0 aliphatic carbocycles. The molecule has 94 heavy (non-hydrogen) atoms. The molecule has 554 valence electrons. The molecule has 0 spiro atoms. The summed E-state index contributed by atoms with van der Waals surface area (Å²) in [5.41, 5.74) is 0. The summed E-state index contributed by atoms with van der Waals surface area (Å²) in [6.07, 6.45) is 99.6. The van der Waals surface area contributed by atoms with Gasteiger partial charge in [0.1, 0.15) is 19.8 Å². The number of carbonyl (C=O) groups is 2. The summed E-state index contributed by atoms with van der Waals surface area (Å²) in [6, 6.07) is 0. The molecule has 0 amide bonds.